The molecule has 0 radical (unpaired) electrons. The van der Waals surface area contributed by atoms with Crippen LogP contribution in [0.25, 0.3) is 0 Å². The van der Waals surface area contributed by atoms with Gasteiger partial charge in [-0.05, 0) is 48.6 Å². The van der Waals surface area contributed by atoms with E-state index in [0.29, 0.717) is 6.54 Å². The van der Waals surface area contributed by atoms with Crippen LogP contribution in [0.5, 0.6) is 0 Å². The third-order valence-electron chi connectivity index (χ3n) is 5.22. The van der Waals surface area contributed by atoms with Crippen LogP contribution in [0.1, 0.15) is 36.4 Å². The molecule has 1 saturated heterocycles. The average Bonchev–Trinajstić information content (AvgIpc) is 3.41. The quantitative estimate of drug-likeness (QED) is 0.724. The maximum Gasteiger partial charge on any atom is 0.226 e. The first kappa shape index (κ1) is 20.1. The molecule has 2 aromatic heterocycles. The second kappa shape index (κ2) is 9.51. The molecule has 6 heteroatoms. The fourth-order valence-electron chi connectivity index (χ4n) is 3.65. The maximum absolute atomic E-state index is 12.9. The van der Waals surface area contributed by atoms with Crippen LogP contribution < -0.4 is 5.32 Å². The van der Waals surface area contributed by atoms with Crippen molar-refractivity contribution >= 4 is 34.5 Å². The van der Waals surface area contributed by atoms with Crippen LogP contribution in [0, 0.1) is 11.8 Å². The molecule has 1 N–H and O–H groups in total. The molecule has 1 fully saturated rings. The van der Waals surface area contributed by atoms with E-state index in [2.05, 4.69) is 22.8 Å². The van der Waals surface area contributed by atoms with Crippen LogP contribution in [0.2, 0.25) is 0 Å². The summed E-state index contributed by atoms with van der Waals surface area (Å²) < 4.78 is 0. The van der Waals surface area contributed by atoms with Gasteiger partial charge >= 0.3 is 0 Å². The van der Waals surface area contributed by atoms with E-state index >= 15 is 0 Å². The first-order valence-corrected chi connectivity index (χ1v) is 11.4. The topological polar surface area (TPSA) is 49.4 Å². The van der Waals surface area contributed by atoms with Gasteiger partial charge in [0.1, 0.15) is 0 Å². The van der Waals surface area contributed by atoms with Crippen LogP contribution >= 0.6 is 22.7 Å². The zero-order chi connectivity index (χ0) is 19.2. The first-order valence-electron chi connectivity index (χ1n) is 9.67. The Morgan fingerprint density at radius 1 is 1.11 bits per heavy atom. The van der Waals surface area contributed by atoms with Crippen LogP contribution in [0.4, 0.5) is 0 Å². The van der Waals surface area contributed by atoms with E-state index in [9.17, 15) is 9.59 Å². The van der Waals surface area contributed by atoms with Crippen molar-refractivity contribution in [2.24, 2.45) is 11.8 Å². The molecule has 3 heterocycles. The Balaban J connectivity index is 1.48. The number of thiophene rings is 2. The summed E-state index contributed by atoms with van der Waals surface area (Å²) in [5.41, 5.74) is 0. The third-order valence-corrected chi connectivity index (χ3v) is 7.01. The van der Waals surface area contributed by atoms with Gasteiger partial charge in [0, 0.05) is 40.7 Å². The molecule has 2 aromatic rings. The molecule has 0 aliphatic carbocycles. The predicted molar refractivity (Wildman–Crippen MR) is 112 cm³/mol. The molecule has 0 saturated carbocycles. The van der Waals surface area contributed by atoms with Gasteiger partial charge in [0.2, 0.25) is 11.8 Å². The normalized spacial score (nSPS) is 19.0. The van der Waals surface area contributed by atoms with E-state index in [-0.39, 0.29) is 29.7 Å². The highest BCUT2D eigenvalue weighted by Crippen LogP contribution is 2.22. The van der Waals surface area contributed by atoms with Crippen molar-refractivity contribution in [3.63, 3.8) is 0 Å². The lowest BCUT2D eigenvalue weighted by molar-refractivity contribution is -0.136. The van der Waals surface area contributed by atoms with E-state index in [1.165, 1.54) is 9.75 Å². The number of carbonyl (C=O) groups is 2. The van der Waals surface area contributed by atoms with E-state index in [1.54, 1.807) is 22.7 Å². The van der Waals surface area contributed by atoms with E-state index in [0.717, 1.165) is 32.2 Å². The first-order chi connectivity index (χ1) is 13.0. The Morgan fingerprint density at radius 3 is 2.33 bits per heavy atom. The molecule has 27 heavy (non-hydrogen) atoms. The van der Waals surface area contributed by atoms with Crippen molar-refractivity contribution in [2.75, 3.05) is 13.1 Å². The number of likely N-dealkylation sites (tertiary alicyclic amines) is 1. The van der Waals surface area contributed by atoms with Crippen molar-refractivity contribution in [2.45, 2.75) is 45.6 Å². The molecular weight excluding hydrogens is 376 g/mol. The summed E-state index contributed by atoms with van der Waals surface area (Å²) in [5, 5.41) is 7.17. The SMILES string of the molecule is C[C@H](Cc1cccs1)C(=O)NC[C@H]1CCCN1C(=O)[C@@H](C)Cc1cccs1. The second-order valence-corrected chi connectivity index (χ2v) is 9.51. The Kier molecular flexibility index (Phi) is 7.07. The van der Waals surface area contributed by atoms with Crippen molar-refractivity contribution in [3.8, 4) is 0 Å². The zero-order valence-electron chi connectivity index (χ0n) is 16.0. The number of carbonyl (C=O) groups excluding carboxylic acids is 2. The van der Waals surface area contributed by atoms with Crippen LogP contribution in [-0.2, 0) is 22.4 Å². The van der Waals surface area contributed by atoms with Gasteiger partial charge in [0.05, 0.1) is 0 Å². The van der Waals surface area contributed by atoms with Gasteiger partial charge in [-0.15, -0.1) is 22.7 Å². The third kappa shape index (κ3) is 5.42. The minimum absolute atomic E-state index is 0.0160. The summed E-state index contributed by atoms with van der Waals surface area (Å²) in [6.07, 6.45) is 3.55. The van der Waals surface area contributed by atoms with E-state index < -0.39 is 0 Å². The Morgan fingerprint density at radius 2 is 1.74 bits per heavy atom. The van der Waals surface area contributed by atoms with Gasteiger partial charge in [-0.1, -0.05) is 26.0 Å². The lowest BCUT2D eigenvalue weighted by Gasteiger charge is -2.28. The highest BCUT2D eigenvalue weighted by Gasteiger charge is 2.32. The predicted octanol–water partition coefficient (Wildman–Crippen LogP) is 3.97. The Hall–Kier alpha value is -1.66. The largest absolute Gasteiger partial charge is 0.354 e. The molecule has 0 unspecified atom stereocenters. The van der Waals surface area contributed by atoms with Gasteiger partial charge in [-0.3, -0.25) is 9.59 Å². The molecule has 0 aromatic carbocycles. The monoisotopic (exact) mass is 404 g/mol. The van der Waals surface area contributed by atoms with Crippen LogP contribution in [-0.4, -0.2) is 35.8 Å². The molecule has 146 valence electrons. The molecule has 3 rings (SSSR count). The fraction of sp³-hybridized carbons (Fsp3) is 0.524. The summed E-state index contributed by atoms with van der Waals surface area (Å²) in [6.45, 7) is 5.35. The molecule has 0 spiro atoms. The van der Waals surface area contributed by atoms with Crippen LogP contribution in [0.3, 0.4) is 0 Å². The molecule has 1 aliphatic rings. The molecule has 1 aliphatic heterocycles. The molecule has 0 bridgehead atoms. The van der Waals surface area contributed by atoms with E-state index in [4.69, 9.17) is 0 Å². The highest BCUT2D eigenvalue weighted by molar-refractivity contribution is 7.10. The number of nitrogens with one attached hydrogen (secondary N) is 1. The van der Waals surface area contributed by atoms with Gasteiger partial charge in [-0.25, -0.2) is 0 Å². The van der Waals surface area contributed by atoms with Gasteiger partial charge < -0.3 is 10.2 Å². The molecular formula is C21H28N2O2S2. The minimum Gasteiger partial charge on any atom is -0.354 e. The summed E-state index contributed by atoms with van der Waals surface area (Å²) in [5.74, 6) is 0.228. The standard InChI is InChI=1S/C21H28N2O2S2/c1-15(12-18-7-4-10-26-18)20(24)22-14-17-6-3-9-23(17)21(25)16(2)13-19-8-5-11-27-19/h4-5,7-8,10-11,15-17H,3,6,9,12-14H2,1-2H3,(H,22,24)/t15-,16+,17-/m1/s1. The highest BCUT2D eigenvalue weighted by atomic mass is 32.1. The molecule has 2 amide bonds. The summed E-state index contributed by atoms with van der Waals surface area (Å²) in [7, 11) is 0. The van der Waals surface area contributed by atoms with Gasteiger partial charge in [-0.2, -0.15) is 0 Å². The molecule has 4 nitrogen and oxygen atoms in total. The number of amides is 2. The number of hydrogen-bond donors (Lipinski definition) is 1. The van der Waals surface area contributed by atoms with Crippen molar-refractivity contribution < 1.29 is 9.59 Å². The van der Waals surface area contributed by atoms with Crippen molar-refractivity contribution in [1.29, 1.82) is 0 Å². The van der Waals surface area contributed by atoms with Crippen molar-refractivity contribution in [1.82, 2.24) is 10.2 Å². The fourth-order valence-corrected chi connectivity index (χ4v) is 5.33. The average molecular weight is 405 g/mol. The Bertz CT molecular complexity index is 727. The summed E-state index contributed by atoms with van der Waals surface area (Å²) in [4.78, 5) is 29.8. The van der Waals surface area contributed by atoms with Gasteiger partial charge in [0.25, 0.3) is 0 Å². The number of rotatable bonds is 8. The van der Waals surface area contributed by atoms with Crippen LogP contribution in [0.15, 0.2) is 35.0 Å². The second-order valence-electron chi connectivity index (χ2n) is 7.44. The lowest BCUT2D eigenvalue weighted by atomic mass is 10.0. The Labute approximate surface area is 169 Å². The summed E-state index contributed by atoms with van der Waals surface area (Å²) >= 11 is 3.39. The lowest BCUT2D eigenvalue weighted by Crippen LogP contribution is -2.46. The van der Waals surface area contributed by atoms with Gasteiger partial charge in [0.15, 0.2) is 0 Å². The van der Waals surface area contributed by atoms with Crippen molar-refractivity contribution in [3.05, 3.63) is 44.8 Å². The maximum atomic E-state index is 12.9. The zero-order valence-corrected chi connectivity index (χ0v) is 17.7. The van der Waals surface area contributed by atoms with E-state index in [1.807, 2.05) is 36.3 Å². The smallest absolute Gasteiger partial charge is 0.226 e. The number of nitrogens with zero attached hydrogens (tertiary/aromatic N) is 1. The molecule has 3 atom stereocenters. The summed E-state index contributed by atoms with van der Waals surface area (Å²) in [6, 6.07) is 8.33. The number of hydrogen-bond acceptors (Lipinski definition) is 4. The minimum atomic E-state index is -0.0491.